The highest BCUT2D eigenvalue weighted by atomic mass is 35.5. The molecule has 22 nitrogen and oxygen atoms in total. The van der Waals surface area contributed by atoms with Crippen molar-refractivity contribution >= 4 is 63.9 Å². The zero-order chi connectivity index (χ0) is 58.4. The Morgan fingerprint density at radius 1 is 0.590 bits per heavy atom. The summed E-state index contributed by atoms with van der Waals surface area (Å²) in [5, 5.41) is 70.4. The van der Waals surface area contributed by atoms with E-state index in [-0.39, 0.29) is 80.2 Å². The molecule has 7 heterocycles. The number of phenols is 4. The van der Waals surface area contributed by atoms with Gasteiger partial charge in [0.15, 0.2) is 29.0 Å². The fourth-order valence-corrected chi connectivity index (χ4v) is 10.4. The first-order chi connectivity index (χ1) is 39.8. The van der Waals surface area contributed by atoms with E-state index in [2.05, 4.69) is 36.9 Å². The number of aromatic nitrogens is 1. The zero-order valence-electron chi connectivity index (χ0n) is 43.2. The van der Waals surface area contributed by atoms with E-state index < -0.39 is 95.2 Å². The van der Waals surface area contributed by atoms with Crippen molar-refractivity contribution < 1.29 is 68.6 Å². The molecule has 7 unspecified atom stereocenters. The third-order valence-corrected chi connectivity index (χ3v) is 14.9. The predicted molar refractivity (Wildman–Crippen MR) is 297 cm³/mol. The summed E-state index contributed by atoms with van der Waals surface area (Å²) in [4.78, 5) is 105. The van der Waals surface area contributed by atoms with Crippen molar-refractivity contribution in [1.29, 1.82) is 0 Å². The number of phenolic OH excluding ortho intramolecular Hbond substituents is 4. The van der Waals surface area contributed by atoms with Crippen LogP contribution in [0.15, 0.2) is 146 Å². The Labute approximate surface area is 475 Å². The van der Waals surface area contributed by atoms with E-state index >= 15 is 14.4 Å². The number of aromatic amines is 1. The molecule has 0 fully saturated rings. The van der Waals surface area contributed by atoms with Crippen molar-refractivity contribution in [2.45, 2.75) is 55.1 Å². The van der Waals surface area contributed by atoms with Crippen molar-refractivity contribution in [3.05, 3.63) is 190 Å². The molecule has 0 aliphatic carbocycles. The lowest BCUT2D eigenvalue weighted by Gasteiger charge is -2.29. The summed E-state index contributed by atoms with van der Waals surface area (Å²) < 4.78 is 12.3. The lowest BCUT2D eigenvalue weighted by molar-refractivity contribution is -0.142. The number of rotatable bonds is 5. The number of benzene rings is 7. The fourth-order valence-electron chi connectivity index (χ4n) is 10.1. The van der Waals surface area contributed by atoms with Crippen molar-refractivity contribution in [2.24, 2.45) is 5.73 Å². The molecule has 14 N–H and O–H groups in total. The number of carbonyl (C=O) groups is 7. The Bertz CT molecular complexity index is 3950. The van der Waals surface area contributed by atoms with Crippen LogP contribution in [0.3, 0.4) is 0 Å². The van der Waals surface area contributed by atoms with Crippen LogP contribution in [0.2, 0.25) is 5.02 Å². The first-order valence-electron chi connectivity index (χ1n) is 25.8. The molecule has 0 saturated heterocycles. The van der Waals surface area contributed by atoms with Gasteiger partial charge in [0.25, 0.3) is 0 Å². The number of aliphatic carboxylic acids is 1. The highest BCUT2D eigenvalue weighted by Gasteiger charge is 2.38. The second kappa shape index (κ2) is 22.2. The number of nitrogens with two attached hydrogens (primary N) is 1. The lowest BCUT2D eigenvalue weighted by atomic mass is 9.94. The molecule has 1 aromatic heterocycles. The van der Waals surface area contributed by atoms with Crippen LogP contribution in [0.4, 0.5) is 0 Å². The molecular weight excluding hydrogens is 1090 g/mol. The van der Waals surface area contributed by atoms with Crippen molar-refractivity contribution in [3.8, 4) is 57.1 Å². The molecule has 83 heavy (non-hydrogen) atoms. The summed E-state index contributed by atoms with van der Waals surface area (Å²) in [5.74, 6) is -8.85. The van der Waals surface area contributed by atoms with Crippen LogP contribution < -0.4 is 47.1 Å². The summed E-state index contributed by atoms with van der Waals surface area (Å²) in [7, 11) is 0. The Morgan fingerprint density at radius 3 is 1.92 bits per heavy atom. The van der Waals surface area contributed by atoms with Crippen LogP contribution in [0, 0.1) is 0 Å². The van der Waals surface area contributed by atoms with Crippen molar-refractivity contribution in [3.63, 3.8) is 0 Å². The minimum absolute atomic E-state index is 0.00453. The number of aromatic hydroxyl groups is 4. The maximum atomic E-state index is 15.6. The number of H-pyrrole nitrogens is 1. The molecule has 0 radical (unpaired) electrons. The van der Waals surface area contributed by atoms with Crippen LogP contribution in [0.25, 0.3) is 22.0 Å². The highest BCUT2D eigenvalue weighted by molar-refractivity contribution is 6.32. The van der Waals surface area contributed by atoms with Gasteiger partial charge in [-0.3, -0.25) is 28.8 Å². The van der Waals surface area contributed by atoms with Gasteiger partial charge in [-0.25, -0.2) is 4.79 Å². The number of hydrogen-bond acceptors (Lipinski definition) is 14. The largest absolute Gasteiger partial charge is 0.508 e. The third-order valence-electron chi connectivity index (χ3n) is 14.6. The van der Waals surface area contributed by atoms with Crippen LogP contribution in [0.5, 0.6) is 46.0 Å². The van der Waals surface area contributed by atoms with Crippen LogP contribution in [-0.4, -0.2) is 84.0 Å². The lowest BCUT2D eigenvalue weighted by Crippen LogP contribution is -2.54. The van der Waals surface area contributed by atoms with Gasteiger partial charge in [0.2, 0.25) is 35.4 Å². The minimum Gasteiger partial charge on any atom is -0.508 e. The second-order valence-electron chi connectivity index (χ2n) is 20.1. The Morgan fingerprint density at radius 2 is 1.22 bits per heavy atom. The molecule has 8 aromatic rings. The van der Waals surface area contributed by atoms with E-state index in [1.807, 2.05) is 0 Å². The summed E-state index contributed by atoms with van der Waals surface area (Å²) in [6.45, 7) is 0. The summed E-state index contributed by atoms with van der Waals surface area (Å²) in [6.07, 6.45) is 1.19. The fraction of sp³-hybridized carbons (Fsp3) is 0.150. The number of halogens is 1. The smallest absolute Gasteiger partial charge is 0.330 e. The average Bonchev–Trinajstić information content (AvgIpc) is 4.09. The van der Waals surface area contributed by atoms with Crippen LogP contribution in [0.1, 0.15) is 69.2 Å². The molecule has 6 amide bonds. The molecule has 7 aromatic carbocycles. The Kier molecular flexibility index (Phi) is 14.5. The van der Waals surface area contributed by atoms with Crippen LogP contribution in [-0.2, 0) is 46.4 Å². The predicted octanol–water partition coefficient (Wildman–Crippen LogP) is 5.80. The maximum Gasteiger partial charge on any atom is 0.330 e. The molecule has 7 atom stereocenters. The van der Waals surface area contributed by atoms with Gasteiger partial charge < -0.3 is 77.6 Å². The van der Waals surface area contributed by atoms with Crippen molar-refractivity contribution in [2.75, 3.05) is 0 Å². The standard InChI is InChI=1S/C60H49ClN8O14/c61-40-21-31-9-18-45(40)83-46-24-32(8-17-44(46)72)52(60(80)81)69-54(74)42-19-27-1-14-37(15-2-27)82-47-25-33-20-39(53(47)73)30-7-16-38-34(26-63-41(38)22-30)23-43(64-56(76)48(62)28-3-10-35(70)11-4-28)55(75)66-49(29-5-12-36(71)13-6-29)58(78)68-51(33)59(79)67-50(31)57(77)65-42/h1-18,20-22,24-26,42-43,48-52,63,70-73H,19,23,62H2,(H,64,76)(H,65,77)(H,66,75)(H,67,79)(H,68,78)(H,69,74)(H,80,81). The molecule has 14 rings (SSSR count). The molecule has 6 aliphatic heterocycles. The minimum atomic E-state index is -1.89. The normalized spacial score (nSPS) is 20.2. The molecule has 6 aliphatic rings. The monoisotopic (exact) mass is 1140 g/mol. The Hall–Kier alpha value is -10.6. The summed E-state index contributed by atoms with van der Waals surface area (Å²) in [5.41, 5.74) is 8.68. The number of ether oxygens (including phenoxy) is 2. The van der Waals surface area contributed by atoms with E-state index in [4.69, 9.17) is 26.8 Å². The average molecular weight is 1140 g/mol. The third kappa shape index (κ3) is 11.2. The molecule has 15 bridgehead atoms. The summed E-state index contributed by atoms with van der Waals surface area (Å²) in [6, 6.07) is 20.9. The molecule has 0 spiro atoms. The number of carboxylic acids is 1. The van der Waals surface area contributed by atoms with E-state index in [1.165, 1.54) is 109 Å². The summed E-state index contributed by atoms with van der Waals surface area (Å²) >= 11 is 6.84. The van der Waals surface area contributed by atoms with Gasteiger partial charge in [-0.2, -0.15) is 0 Å². The number of nitrogens with one attached hydrogen (secondary N) is 7. The zero-order valence-corrected chi connectivity index (χ0v) is 43.9. The van der Waals surface area contributed by atoms with E-state index in [0.717, 1.165) is 0 Å². The Balaban J connectivity index is 1.08. The number of amides is 6. The highest BCUT2D eigenvalue weighted by Crippen LogP contribution is 2.44. The van der Waals surface area contributed by atoms with Gasteiger partial charge in [-0.05, 0) is 123 Å². The quantitative estimate of drug-likeness (QED) is 0.0968. The van der Waals surface area contributed by atoms with Gasteiger partial charge in [0.05, 0.1) is 5.02 Å². The molecule has 23 heteroatoms. The number of hydrogen-bond donors (Lipinski definition) is 13. The van der Waals surface area contributed by atoms with Gasteiger partial charge >= 0.3 is 5.97 Å². The van der Waals surface area contributed by atoms with E-state index in [1.54, 1.807) is 36.5 Å². The van der Waals surface area contributed by atoms with Crippen molar-refractivity contribution in [1.82, 2.24) is 36.9 Å². The SMILES string of the molecule is NC(C(=O)NC1Cc2c[nH]c3cc(ccc23)-c2cc3cc(c2O)Oc2ccc(cc2)CC2NC(=O)C(NC(=O)C3NC(=O)C(c3ccc(O)cc3)NC1=O)c1ccc(c(Cl)c1)Oc1cc(ccc1O)C(C(=O)O)NC2=O)c1ccc(O)cc1. The van der Waals surface area contributed by atoms with Gasteiger partial charge in [0, 0.05) is 35.5 Å². The van der Waals surface area contributed by atoms with Gasteiger partial charge in [-0.1, -0.05) is 72.3 Å². The number of fused-ring (bicyclic) bond motifs is 14. The topological polar surface area (TPSA) is 353 Å². The molecular formula is C60H49ClN8O14. The van der Waals surface area contributed by atoms with Gasteiger partial charge in [-0.15, -0.1) is 0 Å². The van der Waals surface area contributed by atoms with Crippen LogP contribution >= 0.6 is 11.6 Å². The molecule has 420 valence electrons. The van der Waals surface area contributed by atoms with Gasteiger partial charge in [0.1, 0.15) is 59.2 Å². The maximum absolute atomic E-state index is 15.6. The first kappa shape index (κ1) is 54.4. The molecule has 0 saturated carbocycles. The van der Waals surface area contributed by atoms with E-state index in [0.29, 0.717) is 33.2 Å². The second-order valence-corrected chi connectivity index (χ2v) is 20.5. The first-order valence-corrected chi connectivity index (χ1v) is 26.1. The number of carbonyl (C=O) groups excluding carboxylic acids is 6. The van der Waals surface area contributed by atoms with E-state index in [9.17, 15) is 44.7 Å². The number of carboxylic acid groups (broad SMARTS) is 1.